The van der Waals surface area contributed by atoms with E-state index in [-0.39, 0.29) is 6.54 Å². The summed E-state index contributed by atoms with van der Waals surface area (Å²) in [6.45, 7) is 5.67. The van der Waals surface area contributed by atoms with Gasteiger partial charge in [0.15, 0.2) is 0 Å². The average molecular weight is 349 g/mol. The maximum atomic E-state index is 11.6. The first kappa shape index (κ1) is 17.9. The molecule has 2 heterocycles. The molecule has 0 saturated carbocycles. The van der Waals surface area contributed by atoms with Gasteiger partial charge in [-0.05, 0) is 26.8 Å². The standard InChI is InChI=1S/C16H19N3O4S/c1-16(2,3)23-15(21)18-8-13-19-12(9-24-13)10-5-11(7-17-6-10)14(20)22-4/h5-7,9H,8H2,1-4H3,(H,18,21). The number of hydrogen-bond donors (Lipinski definition) is 1. The molecule has 7 nitrogen and oxygen atoms in total. The van der Waals surface area contributed by atoms with Crippen molar-refractivity contribution in [3.05, 3.63) is 34.4 Å². The van der Waals surface area contributed by atoms with Gasteiger partial charge in [-0.1, -0.05) is 0 Å². The molecule has 0 radical (unpaired) electrons. The van der Waals surface area contributed by atoms with Crippen LogP contribution < -0.4 is 5.32 Å². The number of pyridine rings is 1. The monoisotopic (exact) mass is 349 g/mol. The first-order valence-corrected chi connectivity index (χ1v) is 8.11. The number of ether oxygens (including phenoxy) is 2. The summed E-state index contributed by atoms with van der Waals surface area (Å²) in [5, 5.41) is 5.22. The Labute approximate surface area is 144 Å². The van der Waals surface area contributed by atoms with E-state index < -0.39 is 17.7 Å². The number of thiazole rings is 1. The number of methoxy groups -OCH3 is 1. The molecule has 0 aliphatic heterocycles. The van der Waals surface area contributed by atoms with Gasteiger partial charge >= 0.3 is 12.1 Å². The second kappa shape index (κ2) is 7.39. The van der Waals surface area contributed by atoms with Crippen molar-refractivity contribution in [2.75, 3.05) is 7.11 Å². The summed E-state index contributed by atoms with van der Waals surface area (Å²) in [4.78, 5) is 31.7. The fraction of sp³-hybridized carbons (Fsp3) is 0.375. The van der Waals surface area contributed by atoms with Gasteiger partial charge in [-0.15, -0.1) is 11.3 Å². The van der Waals surface area contributed by atoms with Gasteiger partial charge in [0.1, 0.15) is 10.6 Å². The first-order valence-electron chi connectivity index (χ1n) is 7.23. The fourth-order valence-electron chi connectivity index (χ4n) is 1.80. The highest BCUT2D eigenvalue weighted by Crippen LogP contribution is 2.22. The Morgan fingerprint density at radius 1 is 1.29 bits per heavy atom. The predicted molar refractivity (Wildman–Crippen MR) is 89.8 cm³/mol. The summed E-state index contributed by atoms with van der Waals surface area (Å²) in [5.41, 5.74) is 1.20. The van der Waals surface area contributed by atoms with E-state index in [2.05, 4.69) is 20.0 Å². The molecule has 0 spiro atoms. The highest BCUT2D eigenvalue weighted by atomic mass is 32.1. The van der Waals surface area contributed by atoms with Gasteiger partial charge in [-0.25, -0.2) is 14.6 Å². The van der Waals surface area contributed by atoms with Crippen LogP contribution in [0, 0.1) is 0 Å². The number of carbonyl (C=O) groups is 2. The molecule has 128 valence electrons. The topological polar surface area (TPSA) is 90.4 Å². The lowest BCUT2D eigenvalue weighted by Gasteiger charge is -2.19. The number of nitrogens with one attached hydrogen (secondary N) is 1. The van der Waals surface area contributed by atoms with Crippen LogP contribution in [0.3, 0.4) is 0 Å². The van der Waals surface area contributed by atoms with Gasteiger partial charge in [0.2, 0.25) is 0 Å². The van der Waals surface area contributed by atoms with Crippen molar-refractivity contribution in [3.8, 4) is 11.3 Å². The number of alkyl carbamates (subject to hydrolysis) is 1. The summed E-state index contributed by atoms with van der Waals surface area (Å²) in [7, 11) is 1.32. The molecule has 0 unspecified atom stereocenters. The van der Waals surface area contributed by atoms with E-state index in [1.807, 2.05) is 5.38 Å². The van der Waals surface area contributed by atoms with E-state index >= 15 is 0 Å². The molecule has 2 rings (SSSR count). The molecular weight excluding hydrogens is 330 g/mol. The normalized spacial score (nSPS) is 11.0. The van der Waals surface area contributed by atoms with Crippen LogP contribution in [0.4, 0.5) is 4.79 Å². The summed E-state index contributed by atoms with van der Waals surface area (Å²) >= 11 is 1.40. The molecule has 0 aliphatic rings. The molecule has 24 heavy (non-hydrogen) atoms. The third-order valence-corrected chi connectivity index (χ3v) is 3.64. The highest BCUT2D eigenvalue weighted by Gasteiger charge is 2.16. The van der Waals surface area contributed by atoms with Crippen molar-refractivity contribution in [1.82, 2.24) is 15.3 Å². The summed E-state index contributed by atoms with van der Waals surface area (Å²) in [6, 6.07) is 1.67. The second-order valence-electron chi connectivity index (χ2n) is 5.94. The number of amides is 1. The third kappa shape index (κ3) is 5.02. The molecule has 1 N–H and O–H groups in total. The van der Waals surface area contributed by atoms with Crippen molar-refractivity contribution < 1.29 is 19.1 Å². The molecule has 0 bridgehead atoms. The van der Waals surface area contributed by atoms with E-state index in [0.717, 1.165) is 5.01 Å². The van der Waals surface area contributed by atoms with Crippen LogP contribution in [0.2, 0.25) is 0 Å². The summed E-state index contributed by atoms with van der Waals surface area (Å²) < 4.78 is 9.85. The molecule has 0 atom stereocenters. The summed E-state index contributed by atoms with van der Waals surface area (Å²) in [5.74, 6) is -0.452. The maximum Gasteiger partial charge on any atom is 0.408 e. The van der Waals surface area contributed by atoms with Crippen molar-refractivity contribution in [3.63, 3.8) is 0 Å². The van der Waals surface area contributed by atoms with Crippen LogP contribution in [0.1, 0.15) is 36.1 Å². The Morgan fingerprint density at radius 3 is 2.71 bits per heavy atom. The van der Waals surface area contributed by atoms with E-state index in [1.54, 1.807) is 33.0 Å². The van der Waals surface area contributed by atoms with Crippen molar-refractivity contribution in [2.24, 2.45) is 0 Å². The highest BCUT2D eigenvalue weighted by molar-refractivity contribution is 7.09. The van der Waals surface area contributed by atoms with Gasteiger partial charge in [0.05, 0.1) is 24.9 Å². The third-order valence-electron chi connectivity index (χ3n) is 2.79. The molecule has 2 aromatic heterocycles. The van der Waals surface area contributed by atoms with E-state index in [4.69, 9.17) is 4.74 Å². The second-order valence-corrected chi connectivity index (χ2v) is 6.88. The lowest BCUT2D eigenvalue weighted by molar-refractivity contribution is 0.0522. The first-order chi connectivity index (χ1) is 11.3. The quantitative estimate of drug-likeness (QED) is 0.853. The lowest BCUT2D eigenvalue weighted by Crippen LogP contribution is -2.32. The minimum absolute atomic E-state index is 0.268. The zero-order valence-corrected chi connectivity index (χ0v) is 14.8. The number of esters is 1. The number of carbonyl (C=O) groups excluding carboxylic acids is 2. The smallest absolute Gasteiger partial charge is 0.408 e. The van der Waals surface area contributed by atoms with Crippen LogP contribution >= 0.6 is 11.3 Å². The zero-order valence-electron chi connectivity index (χ0n) is 14.0. The SMILES string of the molecule is COC(=O)c1cncc(-c2csc(CNC(=O)OC(C)(C)C)n2)c1. The van der Waals surface area contributed by atoms with Crippen molar-refractivity contribution >= 4 is 23.4 Å². The number of hydrogen-bond acceptors (Lipinski definition) is 7. The zero-order chi connectivity index (χ0) is 17.7. The lowest BCUT2D eigenvalue weighted by atomic mass is 10.2. The van der Waals surface area contributed by atoms with Crippen LogP contribution in [0.5, 0.6) is 0 Å². The van der Waals surface area contributed by atoms with E-state index in [9.17, 15) is 9.59 Å². The van der Waals surface area contributed by atoms with E-state index in [0.29, 0.717) is 16.8 Å². The van der Waals surface area contributed by atoms with E-state index in [1.165, 1.54) is 24.6 Å². The van der Waals surface area contributed by atoms with Crippen LogP contribution in [-0.2, 0) is 16.0 Å². The van der Waals surface area contributed by atoms with Crippen molar-refractivity contribution in [2.45, 2.75) is 32.9 Å². The average Bonchev–Trinajstić information content (AvgIpc) is 2.99. The largest absolute Gasteiger partial charge is 0.465 e. The number of aromatic nitrogens is 2. The fourth-order valence-corrected chi connectivity index (χ4v) is 2.54. The van der Waals surface area contributed by atoms with Gasteiger partial charge in [0, 0.05) is 23.3 Å². The Morgan fingerprint density at radius 2 is 2.04 bits per heavy atom. The minimum Gasteiger partial charge on any atom is -0.465 e. The predicted octanol–water partition coefficient (Wildman–Crippen LogP) is 3.02. The maximum absolute atomic E-state index is 11.6. The van der Waals surface area contributed by atoms with Gasteiger partial charge in [-0.2, -0.15) is 0 Å². The Bertz CT molecular complexity index is 737. The summed E-state index contributed by atoms with van der Waals surface area (Å²) in [6.07, 6.45) is 2.56. The molecule has 2 aromatic rings. The molecular formula is C16H19N3O4S. The van der Waals surface area contributed by atoms with Crippen LogP contribution in [0.15, 0.2) is 23.8 Å². The molecule has 0 fully saturated rings. The molecule has 0 aromatic carbocycles. The number of rotatable bonds is 4. The van der Waals surface area contributed by atoms with Gasteiger partial charge in [0.25, 0.3) is 0 Å². The van der Waals surface area contributed by atoms with Crippen LogP contribution in [-0.4, -0.2) is 34.7 Å². The van der Waals surface area contributed by atoms with Gasteiger partial charge < -0.3 is 14.8 Å². The van der Waals surface area contributed by atoms with Gasteiger partial charge in [-0.3, -0.25) is 4.98 Å². The molecule has 1 amide bonds. The Kier molecular flexibility index (Phi) is 5.50. The molecule has 0 aliphatic carbocycles. The minimum atomic E-state index is -0.544. The number of nitrogens with zero attached hydrogens (tertiary/aromatic N) is 2. The molecule has 0 saturated heterocycles. The van der Waals surface area contributed by atoms with Crippen molar-refractivity contribution in [1.29, 1.82) is 0 Å². The van der Waals surface area contributed by atoms with Crippen LogP contribution in [0.25, 0.3) is 11.3 Å². The Balaban J connectivity index is 2.03. The molecule has 8 heteroatoms. The Hall–Kier alpha value is -2.48.